The summed E-state index contributed by atoms with van der Waals surface area (Å²) >= 11 is 0. The molecule has 0 atom stereocenters. The van der Waals surface area contributed by atoms with Gasteiger partial charge in [0.2, 0.25) is 0 Å². The lowest BCUT2D eigenvalue weighted by Crippen LogP contribution is -2.19. The van der Waals surface area contributed by atoms with Crippen LogP contribution in [0, 0.1) is 0 Å². The predicted octanol–water partition coefficient (Wildman–Crippen LogP) is 11.7. The maximum absolute atomic E-state index is 2.52. The van der Waals surface area contributed by atoms with Gasteiger partial charge in [0.05, 0.1) is 17.1 Å². The first-order valence-electron chi connectivity index (χ1n) is 15.4. The van der Waals surface area contributed by atoms with Gasteiger partial charge in [-0.05, 0) is 71.5 Å². The predicted molar refractivity (Wildman–Crippen MR) is 185 cm³/mol. The molecule has 1 aliphatic carbocycles. The van der Waals surface area contributed by atoms with E-state index in [1.807, 2.05) is 0 Å². The summed E-state index contributed by atoms with van der Waals surface area (Å²) in [5.41, 5.74) is 17.4. The fraction of sp³-hybridized carbons (Fsp3) is 0.0476. The lowest BCUT2D eigenvalue weighted by Gasteiger charge is -2.32. The summed E-state index contributed by atoms with van der Waals surface area (Å²) in [5.74, 6) is 0. The SMILES string of the molecule is C1=CC2=C(CC1)N(c1cccc(N3c4ccccc4-c4ccccc4-c4ccccc43)c1)c1ccccc1-c1ccccc12. The van der Waals surface area contributed by atoms with Crippen molar-refractivity contribution in [2.24, 2.45) is 0 Å². The number of nitrogens with zero attached hydrogens (tertiary/aromatic N) is 2. The number of allylic oxidation sites excluding steroid dienone is 4. The highest BCUT2D eigenvalue weighted by Crippen LogP contribution is 2.52. The van der Waals surface area contributed by atoms with Crippen molar-refractivity contribution in [2.45, 2.75) is 12.8 Å². The van der Waals surface area contributed by atoms with Gasteiger partial charge in [-0.25, -0.2) is 0 Å². The summed E-state index contributed by atoms with van der Waals surface area (Å²) in [6, 6.07) is 53.3. The third-order valence-electron chi connectivity index (χ3n) is 9.21. The molecule has 0 aromatic heterocycles. The molecule has 0 spiro atoms. The Balaban J connectivity index is 1.29. The molecule has 6 aromatic rings. The van der Waals surface area contributed by atoms with Gasteiger partial charge in [-0.1, -0.05) is 121 Å². The zero-order valence-electron chi connectivity index (χ0n) is 24.3. The Kier molecular flexibility index (Phi) is 5.67. The van der Waals surface area contributed by atoms with Gasteiger partial charge in [-0.3, -0.25) is 0 Å². The van der Waals surface area contributed by atoms with Crippen molar-refractivity contribution < 1.29 is 0 Å². The number of anilines is 5. The van der Waals surface area contributed by atoms with Gasteiger partial charge in [0.25, 0.3) is 0 Å². The van der Waals surface area contributed by atoms with Crippen LogP contribution in [0.15, 0.2) is 163 Å². The Morgan fingerprint density at radius 3 is 1.39 bits per heavy atom. The van der Waals surface area contributed by atoms with E-state index in [0.29, 0.717) is 0 Å². The Labute approximate surface area is 258 Å². The minimum absolute atomic E-state index is 0.990. The van der Waals surface area contributed by atoms with Crippen LogP contribution in [0.5, 0.6) is 0 Å². The smallest absolute Gasteiger partial charge is 0.0540 e. The number of hydrogen-bond acceptors (Lipinski definition) is 2. The molecule has 0 unspecified atom stereocenters. The molecule has 3 aliphatic rings. The zero-order valence-corrected chi connectivity index (χ0v) is 24.3. The van der Waals surface area contributed by atoms with Gasteiger partial charge in [-0.2, -0.15) is 0 Å². The third-order valence-corrected chi connectivity index (χ3v) is 9.21. The van der Waals surface area contributed by atoms with E-state index in [4.69, 9.17) is 0 Å². The number of benzene rings is 6. The lowest BCUT2D eigenvalue weighted by atomic mass is 9.91. The lowest BCUT2D eigenvalue weighted by molar-refractivity contribution is 0.926. The summed E-state index contributed by atoms with van der Waals surface area (Å²) in [6.45, 7) is 0. The maximum atomic E-state index is 2.52. The zero-order chi connectivity index (χ0) is 29.0. The Hall–Kier alpha value is -5.60. The Morgan fingerprint density at radius 2 is 0.818 bits per heavy atom. The van der Waals surface area contributed by atoms with E-state index >= 15 is 0 Å². The molecule has 9 rings (SSSR count). The fourth-order valence-corrected chi connectivity index (χ4v) is 7.34. The largest absolute Gasteiger partial charge is 0.313 e. The molecular weight excluding hydrogens is 532 g/mol. The van der Waals surface area contributed by atoms with Gasteiger partial charge >= 0.3 is 0 Å². The van der Waals surface area contributed by atoms with Crippen LogP contribution < -0.4 is 9.80 Å². The first kappa shape index (κ1) is 24.9. The van der Waals surface area contributed by atoms with Crippen LogP contribution in [0.25, 0.3) is 39.0 Å². The minimum atomic E-state index is 0.990. The van der Waals surface area contributed by atoms with E-state index in [9.17, 15) is 0 Å². The molecule has 0 saturated heterocycles. The van der Waals surface area contributed by atoms with Crippen molar-refractivity contribution in [2.75, 3.05) is 9.80 Å². The molecular formula is C42H30N2. The van der Waals surface area contributed by atoms with Gasteiger partial charge in [-0.15, -0.1) is 0 Å². The molecule has 0 radical (unpaired) electrons. The molecule has 2 heterocycles. The van der Waals surface area contributed by atoms with Crippen molar-refractivity contribution in [3.05, 3.63) is 169 Å². The first-order chi connectivity index (χ1) is 21.9. The van der Waals surface area contributed by atoms with E-state index < -0.39 is 0 Å². The normalized spacial score (nSPS) is 14.4. The second-order valence-corrected chi connectivity index (χ2v) is 11.6. The van der Waals surface area contributed by atoms with Crippen LogP contribution >= 0.6 is 0 Å². The molecule has 0 bridgehead atoms. The maximum Gasteiger partial charge on any atom is 0.0540 e. The fourth-order valence-electron chi connectivity index (χ4n) is 7.34. The van der Waals surface area contributed by atoms with Gasteiger partial charge in [0, 0.05) is 39.3 Å². The third kappa shape index (κ3) is 3.74. The molecule has 2 aliphatic heterocycles. The number of hydrogen-bond donors (Lipinski definition) is 0. The highest BCUT2D eigenvalue weighted by Gasteiger charge is 2.30. The van der Waals surface area contributed by atoms with Crippen molar-refractivity contribution in [3.8, 4) is 33.4 Å². The molecule has 6 aromatic carbocycles. The van der Waals surface area contributed by atoms with E-state index in [1.54, 1.807) is 0 Å². The van der Waals surface area contributed by atoms with E-state index in [1.165, 1.54) is 73.0 Å². The number of fused-ring (bicyclic) bond motifs is 9. The van der Waals surface area contributed by atoms with Crippen LogP contribution in [-0.2, 0) is 0 Å². The molecule has 208 valence electrons. The van der Waals surface area contributed by atoms with Crippen molar-refractivity contribution in [1.82, 2.24) is 0 Å². The first-order valence-corrected chi connectivity index (χ1v) is 15.4. The van der Waals surface area contributed by atoms with Crippen LogP contribution in [-0.4, -0.2) is 0 Å². The van der Waals surface area contributed by atoms with Crippen LogP contribution in [0.3, 0.4) is 0 Å². The summed E-state index contributed by atoms with van der Waals surface area (Å²) in [7, 11) is 0. The van der Waals surface area contributed by atoms with Gasteiger partial charge < -0.3 is 9.80 Å². The van der Waals surface area contributed by atoms with Gasteiger partial charge in [0.15, 0.2) is 0 Å². The van der Waals surface area contributed by atoms with Crippen LogP contribution in [0.1, 0.15) is 18.4 Å². The summed E-state index contributed by atoms with van der Waals surface area (Å²) in [6.07, 6.45) is 6.68. The second-order valence-electron chi connectivity index (χ2n) is 11.6. The summed E-state index contributed by atoms with van der Waals surface area (Å²) < 4.78 is 0. The Bertz CT molecular complexity index is 2080. The van der Waals surface area contributed by atoms with Crippen molar-refractivity contribution >= 4 is 34.0 Å². The monoisotopic (exact) mass is 562 g/mol. The minimum Gasteiger partial charge on any atom is -0.313 e. The average Bonchev–Trinajstić information content (AvgIpc) is 3.30. The molecule has 0 amide bonds. The van der Waals surface area contributed by atoms with Crippen molar-refractivity contribution in [1.29, 1.82) is 0 Å². The topological polar surface area (TPSA) is 6.48 Å². The highest BCUT2D eigenvalue weighted by molar-refractivity contribution is 6.03. The van der Waals surface area contributed by atoms with Crippen LogP contribution in [0.4, 0.5) is 28.4 Å². The van der Waals surface area contributed by atoms with Crippen LogP contribution in [0.2, 0.25) is 0 Å². The molecule has 2 nitrogen and oxygen atoms in total. The standard InChI is InChI=1S/C42H30N2/c1-2-17-32-31(16-1)35-20-5-9-24-39(35)43(40-25-10-6-21-36(32)40)29-14-13-15-30(28-29)44-41-26-11-7-22-37(41)33-18-3-4-19-34(33)38-23-8-12-27-42(38)44/h1-11,13-26,28H,12,27H2. The second kappa shape index (κ2) is 10.00. The molecule has 0 fully saturated rings. The molecule has 2 heteroatoms. The molecule has 44 heavy (non-hydrogen) atoms. The average molecular weight is 563 g/mol. The van der Waals surface area contributed by atoms with Crippen molar-refractivity contribution in [3.63, 3.8) is 0 Å². The summed E-state index contributed by atoms with van der Waals surface area (Å²) in [4.78, 5) is 4.96. The van der Waals surface area contributed by atoms with E-state index in [2.05, 4.69) is 168 Å². The Morgan fingerprint density at radius 1 is 0.386 bits per heavy atom. The number of rotatable bonds is 2. The summed E-state index contributed by atoms with van der Waals surface area (Å²) in [5, 5.41) is 0. The molecule has 0 N–H and O–H groups in total. The quantitative estimate of drug-likeness (QED) is 0.207. The van der Waals surface area contributed by atoms with E-state index in [0.717, 1.165) is 18.5 Å². The van der Waals surface area contributed by atoms with E-state index in [-0.39, 0.29) is 0 Å². The van der Waals surface area contributed by atoms with Gasteiger partial charge in [0.1, 0.15) is 0 Å². The highest BCUT2D eigenvalue weighted by atomic mass is 15.2. The number of para-hydroxylation sites is 3. The molecule has 0 saturated carbocycles.